The first-order valence-corrected chi connectivity index (χ1v) is 19.3. The van der Waals surface area contributed by atoms with Crippen LogP contribution in [-0.4, -0.2) is 0 Å². The van der Waals surface area contributed by atoms with E-state index >= 15 is 0 Å². The molecule has 0 atom stereocenters. The van der Waals surface area contributed by atoms with Gasteiger partial charge in [-0.05, 0) is 95.2 Å². The summed E-state index contributed by atoms with van der Waals surface area (Å²) in [4.78, 5) is 0. The maximum Gasteiger partial charge on any atom is 0.144 e. The Balaban J connectivity index is 1.11. The van der Waals surface area contributed by atoms with Crippen molar-refractivity contribution in [1.29, 1.82) is 0 Å². The van der Waals surface area contributed by atoms with Crippen LogP contribution in [0.15, 0.2) is 186 Å². The van der Waals surface area contributed by atoms with Crippen molar-refractivity contribution in [2.45, 2.75) is 0 Å². The molecule has 0 radical (unpaired) electrons. The molecule has 0 fully saturated rings. The van der Waals surface area contributed by atoms with Gasteiger partial charge in [-0.25, -0.2) is 0 Å². The predicted molar refractivity (Wildman–Crippen MR) is 233 cm³/mol. The van der Waals surface area contributed by atoms with Gasteiger partial charge in [0.25, 0.3) is 0 Å². The van der Waals surface area contributed by atoms with E-state index in [2.05, 4.69) is 182 Å². The minimum Gasteiger partial charge on any atom is -0.455 e. The molecule has 0 spiro atoms. The van der Waals surface area contributed by atoms with Crippen molar-refractivity contribution < 1.29 is 4.42 Å². The Labute approximate surface area is 314 Å². The van der Waals surface area contributed by atoms with Gasteiger partial charge in [-0.15, -0.1) is 11.3 Å². The highest BCUT2D eigenvalue weighted by atomic mass is 32.1. The Kier molecular flexibility index (Phi) is 6.28. The zero-order valence-corrected chi connectivity index (χ0v) is 30.0. The number of hydrogen-bond acceptors (Lipinski definition) is 2. The molecule has 12 aromatic rings. The Morgan fingerprint density at radius 1 is 0.333 bits per heavy atom. The lowest BCUT2D eigenvalue weighted by Crippen LogP contribution is -1.91. The second kappa shape index (κ2) is 11.4. The number of thiophene rings is 1. The minimum atomic E-state index is 0.924. The van der Waals surface area contributed by atoms with Gasteiger partial charge in [0.1, 0.15) is 11.2 Å². The molecule has 0 aliphatic rings. The Hall–Kier alpha value is -6.74. The van der Waals surface area contributed by atoms with E-state index in [4.69, 9.17) is 4.42 Å². The van der Waals surface area contributed by atoms with Crippen LogP contribution in [0.4, 0.5) is 0 Å². The standard InChI is InChI=1S/C52H30OS/c1-2-14-35-29-46-43(28-34(35)13-1)44-30-45-37-17-9-10-23-47(37)54-52(45)49(51(44)53-46)33-26-24-32(25-27-33)48-39-18-5-7-20-41(39)50(42-21-8-6-19-40(42)48)38-22-11-15-31-12-3-4-16-36(31)38/h1-30H. The Morgan fingerprint density at radius 2 is 0.870 bits per heavy atom. The van der Waals surface area contributed by atoms with E-state index in [1.165, 1.54) is 85.5 Å². The molecule has 0 aliphatic heterocycles. The van der Waals surface area contributed by atoms with E-state index in [-0.39, 0.29) is 0 Å². The first-order valence-electron chi connectivity index (χ1n) is 18.5. The van der Waals surface area contributed by atoms with Gasteiger partial charge in [-0.1, -0.05) is 158 Å². The molecule has 250 valence electrons. The molecule has 0 N–H and O–H groups in total. The molecule has 0 unspecified atom stereocenters. The van der Waals surface area contributed by atoms with Crippen molar-refractivity contribution in [3.8, 4) is 33.4 Å². The van der Waals surface area contributed by atoms with Crippen molar-refractivity contribution in [3.63, 3.8) is 0 Å². The van der Waals surface area contributed by atoms with Crippen LogP contribution in [-0.2, 0) is 0 Å². The molecule has 1 nitrogen and oxygen atoms in total. The van der Waals surface area contributed by atoms with E-state index in [0.717, 1.165) is 33.1 Å². The molecule has 0 saturated carbocycles. The summed E-state index contributed by atoms with van der Waals surface area (Å²) in [6, 6.07) is 66.7. The molecule has 0 bridgehead atoms. The zero-order valence-electron chi connectivity index (χ0n) is 29.1. The highest BCUT2D eigenvalue weighted by Crippen LogP contribution is 2.49. The predicted octanol–water partition coefficient (Wildman–Crippen LogP) is 15.6. The molecule has 10 aromatic carbocycles. The lowest BCUT2D eigenvalue weighted by molar-refractivity contribution is 0.671. The van der Waals surface area contributed by atoms with Gasteiger partial charge >= 0.3 is 0 Å². The van der Waals surface area contributed by atoms with Crippen molar-refractivity contribution in [2.24, 2.45) is 0 Å². The third-order valence-electron chi connectivity index (χ3n) is 11.4. The summed E-state index contributed by atoms with van der Waals surface area (Å²) >= 11 is 1.86. The summed E-state index contributed by atoms with van der Waals surface area (Å²) in [7, 11) is 0. The zero-order chi connectivity index (χ0) is 35.3. The van der Waals surface area contributed by atoms with Gasteiger partial charge in [0, 0.05) is 36.5 Å². The van der Waals surface area contributed by atoms with Crippen LogP contribution in [0.25, 0.3) is 119 Å². The summed E-state index contributed by atoms with van der Waals surface area (Å²) < 4.78 is 9.42. The third kappa shape index (κ3) is 4.26. The summed E-state index contributed by atoms with van der Waals surface area (Å²) in [6.45, 7) is 0. The molecule has 0 amide bonds. The van der Waals surface area contributed by atoms with Gasteiger partial charge < -0.3 is 4.42 Å². The Morgan fingerprint density at radius 3 is 1.57 bits per heavy atom. The molecule has 2 heteroatoms. The van der Waals surface area contributed by atoms with Crippen molar-refractivity contribution in [1.82, 2.24) is 0 Å². The lowest BCUT2D eigenvalue weighted by Gasteiger charge is -2.19. The average Bonchev–Trinajstić information content (AvgIpc) is 3.78. The average molecular weight is 703 g/mol. The first-order chi connectivity index (χ1) is 26.8. The fourth-order valence-electron chi connectivity index (χ4n) is 9.01. The lowest BCUT2D eigenvalue weighted by atomic mass is 9.84. The molecular weight excluding hydrogens is 673 g/mol. The Bertz CT molecular complexity index is 3430. The molecule has 2 heterocycles. The molecule has 54 heavy (non-hydrogen) atoms. The van der Waals surface area contributed by atoms with Crippen LogP contribution < -0.4 is 0 Å². The highest BCUT2D eigenvalue weighted by molar-refractivity contribution is 7.26. The molecule has 0 aliphatic carbocycles. The maximum absolute atomic E-state index is 6.87. The topological polar surface area (TPSA) is 13.1 Å². The quantitative estimate of drug-likeness (QED) is 0.167. The van der Waals surface area contributed by atoms with Crippen LogP contribution in [0.1, 0.15) is 0 Å². The number of benzene rings is 10. The number of fused-ring (bicyclic) bond motifs is 10. The van der Waals surface area contributed by atoms with Crippen molar-refractivity contribution in [2.75, 3.05) is 0 Å². The smallest absolute Gasteiger partial charge is 0.144 e. The van der Waals surface area contributed by atoms with E-state index in [1.807, 2.05) is 11.3 Å². The minimum absolute atomic E-state index is 0.924. The van der Waals surface area contributed by atoms with Crippen LogP contribution in [0.5, 0.6) is 0 Å². The first kappa shape index (κ1) is 29.8. The van der Waals surface area contributed by atoms with Gasteiger partial charge in [-0.3, -0.25) is 0 Å². The number of furan rings is 1. The van der Waals surface area contributed by atoms with Crippen molar-refractivity contribution in [3.05, 3.63) is 182 Å². The third-order valence-corrected chi connectivity index (χ3v) is 12.6. The normalized spacial score (nSPS) is 12.1. The number of hydrogen-bond donors (Lipinski definition) is 0. The van der Waals surface area contributed by atoms with E-state index < -0.39 is 0 Å². The molecule has 12 rings (SSSR count). The fourth-order valence-corrected chi connectivity index (χ4v) is 10.3. The highest BCUT2D eigenvalue weighted by Gasteiger charge is 2.22. The number of rotatable bonds is 3. The second-order valence-electron chi connectivity index (χ2n) is 14.3. The van der Waals surface area contributed by atoms with E-state index in [1.54, 1.807) is 0 Å². The largest absolute Gasteiger partial charge is 0.455 e. The van der Waals surface area contributed by atoms with Crippen molar-refractivity contribution >= 4 is 96.5 Å². The molecular formula is C52H30OS. The second-order valence-corrected chi connectivity index (χ2v) is 15.4. The molecule has 0 saturated heterocycles. The van der Waals surface area contributed by atoms with Crippen LogP contribution in [0.3, 0.4) is 0 Å². The maximum atomic E-state index is 6.87. The summed E-state index contributed by atoms with van der Waals surface area (Å²) in [5.41, 5.74) is 9.21. The van der Waals surface area contributed by atoms with Gasteiger partial charge in [0.2, 0.25) is 0 Å². The van der Waals surface area contributed by atoms with Crippen LogP contribution in [0.2, 0.25) is 0 Å². The van der Waals surface area contributed by atoms with Gasteiger partial charge in [-0.2, -0.15) is 0 Å². The summed E-state index contributed by atoms with van der Waals surface area (Å²) in [5.74, 6) is 0. The van der Waals surface area contributed by atoms with Gasteiger partial charge in [0.05, 0.1) is 0 Å². The van der Waals surface area contributed by atoms with Crippen LogP contribution in [0, 0.1) is 0 Å². The monoisotopic (exact) mass is 702 g/mol. The van der Waals surface area contributed by atoms with E-state index in [0.29, 0.717) is 0 Å². The SMILES string of the molecule is c1ccc2cc3c(cc2c1)oc1c(-c2ccc(-c4c5ccccc5c(-c5cccc6ccccc56)c5ccccc45)cc2)c2sc4ccccc4c2cc13. The summed E-state index contributed by atoms with van der Waals surface area (Å²) in [5, 5.41) is 14.8. The van der Waals surface area contributed by atoms with Crippen LogP contribution >= 0.6 is 11.3 Å². The fraction of sp³-hybridized carbons (Fsp3) is 0. The molecule has 2 aromatic heterocycles. The van der Waals surface area contributed by atoms with Gasteiger partial charge in [0.15, 0.2) is 0 Å². The van der Waals surface area contributed by atoms with E-state index in [9.17, 15) is 0 Å². The summed E-state index contributed by atoms with van der Waals surface area (Å²) in [6.07, 6.45) is 0.